The van der Waals surface area contributed by atoms with Crippen LogP contribution in [0.2, 0.25) is 0 Å². The quantitative estimate of drug-likeness (QED) is 0.616. The summed E-state index contributed by atoms with van der Waals surface area (Å²) in [6.07, 6.45) is -1.12. The van der Waals surface area contributed by atoms with Crippen LogP contribution in [0.4, 0.5) is 18.9 Å². The summed E-state index contributed by atoms with van der Waals surface area (Å²) in [4.78, 5) is 14.7. The minimum atomic E-state index is -4.49. The number of methoxy groups -OCH3 is 1. The molecule has 1 saturated carbocycles. The second kappa shape index (κ2) is 7.91. The summed E-state index contributed by atoms with van der Waals surface area (Å²) in [6, 6.07) is 2.38. The molecular formula is C20H26F3NO4. The van der Waals surface area contributed by atoms with E-state index in [9.17, 15) is 18.0 Å². The van der Waals surface area contributed by atoms with Crippen LogP contribution in [-0.2, 0) is 20.4 Å². The van der Waals surface area contributed by atoms with Crippen molar-refractivity contribution in [3.8, 4) is 5.75 Å². The van der Waals surface area contributed by atoms with Gasteiger partial charge in [-0.1, -0.05) is 0 Å². The largest absolute Gasteiger partial charge is 0.473 e. The van der Waals surface area contributed by atoms with E-state index in [1.165, 1.54) is 17.9 Å². The number of hydrogen-bond acceptors (Lipinski definition) is 4. The summed E-state index contributed by atoms with van der Waals surface area (Å²) in [6.45, 7) is 3.91. The molecule has 1 amide bonds. The zero-order chi connectivity index (χ0) is 20.5. The highest BCUT2D eigenvalue weighted by Crippen LogP contribution is 2.44. The van der Waals surface area contributed by atoms with Gasteiger partial charge in [-0.05, 0) is 57.2 Å². The molecule has 1 heterocycles. The van der Waals surface area contributed by atoms with Crippen molar-refractivity contribution in [2.45, 2.75) is 57.4 Å². The maximum Gasteiger partial charge on any atom is 0.416 e. The van der Waals surface area contributed by atoms with Gasteiger partial charge in [-0.3, -0.25) is 4.79 Å². The molecule has 1 unspecified atom stereocenters. The summed E-state index contributed by atoms with van der Waals surface area (Å²) in [5, 5.41) is 0. The number of halogens is 3. The fourth-order valence-corrected chi connectivity index (χ4v) is 3.29. The summed E-state index contributed by atoms with van der Waals surface area (Å²) in [5.41, 5.74) is -1.68. The average molecular weight is 401 g/mol. The first-order chi connectivity index (χ1) is 13.2. The fraction of sp³-hybridized carbons (Fsp3) is 0.650. The Morgan fingerprint density at radius 2 is 2.00 bits per heavy atom. The van der Waals surface area contributed by atoms with Gasteiger partial charge in [-0.25, -0.2) is 0 Å². The fourth-order valence-electron chi connectivity index (χ4n) is 3.29. The number of fused-ring (bicyclic) bond motifs is 1. The highest BCUT2D eigenvalue weighted by atomic mass is 19.4. The van der Waals surface area contributed by atoms with Crippen molar-refractivity contribution < 1.29 is 32.2 Å². The Kier molecular flexibility index (Phi) is 5.91. The van der Waals surface area contributed by atoms with Crippen LogP contribution in [0, 0.1) is 6.92 Å². The van der Waals surface area contributed by atoms with E-state index in [1.54, 1.807) is 14.0 Å². The van der Waals surface area contributed by atoms with Gasteiger partial charge in [0.2, 0.25) is 5.60 Å². The van der Waals surface area contributed by atoms with Crippen LogP contribution in [0.3, 0.4) is 0 Å². The van der Waals surface area contributed by atoms with Crippen LogP contribution in [0.5, 0.6) is 5.75 Å². The number of nitrogens with zero attached hydrogens (tertiary/aromatic N) is 1. The lowest BCUT2D eigenvalue weighted by atomic mass is 9.98. The second-order valence-corrected chi connectivity index (χ2v) is 7.63. The van der Waals surface area contributed by atoms with Gasteiger partial charge in [0.05, 0.1) is 24.0 Å². The third-order valence-electron chi connectivity index (χ3n) is 5.03. The van der Waals surface area contributed by atoms with Crippen molar-refractivity contribution in [3.63, 3.8) is 0 Å². The van der Waals surface area contributed by atoms with E-state index in [-0.39, 0.29) is 29.9 Å². The highest BCUT2D eigenvalue weighted by Gasteiger charge is 2.47. The Bertz CT molecular complexity index is 733. The van der Waals surface area contributed by atoms with Crippen molar-refractivity contribution >= 4 is 11.6 Å². The number of rotatable bonds is 8. The summed E-state index contributed by atoms with van der Waals surface area (Å²) < 4.78 is 56.6. The van der Waals surface area contributed by atoms with E-state index in [1.807, 2.05) is 0 Å². The summed E-state index contributed by atoms with van der Waals surface area (Å²) in [5.74, 6) is -0.233. The van der Waals surface area contributed by atoms with Crippen molar-refractivity contribution in [1.82, 2.24) is 0 Å². The number of carbonyl (C=O) groups excluding carboxylic acids is 1. The molecule has 1 aromatic rings. The first-order valence-electron chi connectivity index (χ1n) is 9.49. The topological polar surface area (TPSA) is 48.0 Å². The first-order valence-corrected chi connectivity index (χ1v) is 9.49. The van der Waals surface area contributed by atoms with Gasteiger partial charge in [0.1, 0.15) is 5.75 Å². The second-order valence-electron chi connectivity index (χ2n) is 7.63. The average Bonchev–Trinajstić information content (AvgIpc) is 3.44. The standard InChI is InChI=1S/C20H26F3NO4/c1-13-10-16-17(11-15(13)20(21,22)23)28-19(2,12-27-14-6-7-14)18(25)24(16)8-4-5-9-26-3/h10-11,14H,4-9,12H2,1-3H3. The Morgan fingerprint density at radius 1 is 1.29 bits per heavy atom. The molecule has 1 aliphatic carbocycles. The van der Waals surface area contributed by atoms with Crippen molar-refractivity contribution in [2.24, 2.45) is 0 Å². The monoisotopic (exact) mass is 401 g/mol. The van der Waals surface area contributed by atoms with Gasteiger partial charge >= 0.3 is 6.18 Å². The third kappa shape index (κ3) is 4.43. The van der Waals surface area contributed by atoms with E-state index in [2.05, 4.69) is 0 Å². The van der Waals surface area contributed by atoms with Crippen molar-refractivity contribution in [3.05, 3.63) is 23.3 Å². The number of hydrogen-bond donors (Lipinski definition) is 0. The van der Waals surface area contributed by atoms with Crippen molar-refractivity contribution in [2.75, 3.05) is 31.8 Å². The van der Waals surface area contributed by atoms with Crippen molar-refractivity contribution in [1.29, 1.82) is 0 Å². The lowest BCUT2D eigenvalue weighted by Gasteiger charge is -2.41. The molecule has 5 nitrogen and oxygen atoms in total. The molecule has 0 saturated heterocycles. The Labute approximate surface area is 162 Å². The molecule has 1 aromatic carbocycles. The number of aryl methyl sites for hydroxylation is 1. The lowest BCUT2D eigenvalue weighted by Crippen LogP contribution is -2.57. The van der Waals surface area contributed by atoms with Crippen LogP contribution in [0.15, 0.2) is 12.1 Å². The number of anilines is 1. The van der Waals surface area contributed by atoms with E-state index in [0.717, 1.165) is 25.3 Å². The number of alkyl halides is 3. The molecule has 1 atom stereocenters. The summed E-state index contributed by atoms with van der Waals surface area (Å²) in [7, 11) is 1.60. The molecule has 3 rings (SSSR count). The molecule has 1 aliphatic heterocycles. The molecule has 156 valence electrons. The Hall–Kier alpha value is -1.80. The molecule has 1 fully saturated rings. The minimum absolute atomic E-state index is 0.0136. The first kappa shape index (κ1) is 20.9. The molecule has 0 bridgehead atoms. The van der Waals surface area contributed by atoms with Crippen LogP contribution in [0.25, 0.3) is 0 Å². The molecular weight excluding hydrogens is 375 g/mol. The lowest BCUT2D eigenvalue weighted by molar-refractivity contribution is -0.141. The Morgan fingerprint density at radius 3 is 2.61 bits per heavy atom. The van der Waals surface area contributed by atoms with E-state index >= 15 is 0 Å². The maximum absolute atomic E-state index is 13.4. The molecule has 2 aliphatic rings. The molecule has 0 N–H and O–H groups in total. The van der Waals surface area contributed by atoms with Gasteiger partial charge in [-0.15, -0.1) is 0 Å². The number of benzene rings is 1. The SMILES string of the molecule is COCCCCN1C(=O)C(C)(COC2CC2)Oc2cc(C(F)(F)F)c(C)cc21. The molecule has 28 heavy (non-hydrogen) atoms. The van der Waals surface area contributed by atoms with Crippen LogP contribution in [-0.4, -0.2) is 44.5 Å². The highest BCUT2D eigenvalue weighted by molar-refractivity contribution is 6.03. The van der Waals surface area contributed by atoms with Gasteiger partial charge in [-0.2, -0.15) is 13.2 Å². The molecule has 8 heteroatoms. The minimum Gasteiger partial charge on any atom is -0.473 e. The van der Waals surface area contributed by atoms with Gasteiger partial charge in [0.15, 0.2) is 0 Å². The predicted octanol–water partition coefficient (Wildman–Crippen LogP) is 4.10. The molecule has 0 aromatic heterocycles. The number of unbranched alkanes of at least 4 members (excludes halogenated alkanes) is 1. The van der Waals surface area contributed by atoms with Crippen LogP contribution < -0.4 is 9.64 Å². The number of ether oxygens (including phenoxy) is 3. The molecule has 0 radical (unpaired) electrons. The zero-order valence-corrected chi connectivity index (χ0v) is 16.4. The predicted molar refractivity (Wildman–Crippen MR) is 97.7 cm³/mol. The summed E-state index contributed by atoms with van der Waals surface area (Å²) >= 11 is 0. The number of carbonyl (C=O) groups is 1. The maximum atomic E-state index is 13.4. The van der Waals surface area contributed by atoms with E-state index in [4.69, 9.17) is 14.2 Å². The molecule has 0 spiro atoms. The smallest absolute Gasteiger partial charge is 0.416 e. The Balaban J connectivity index is 1.93. The van der Waals surface area contributed by atoms with Gasteiger partial charge in [0, 0.05) is 20.3 Å². The van der Waals surface area contributed by atoms with E-state index < -0.39 is 17.3 Å². The van der Waals surface area contributed by atoms with Crippen LogP contribution in [0.1, 0.15) is 43.7 Å². The van der Waals surface area contributed by atoms with Crippen LogP contribution >= 0.6 is 0 Å². The normalized spacial score (nSPS) is 22.2. The zero-order valence-electron chi connectivity index (χ0n) is 16.4. The third-order valence-corrected chi connectivity index (χ3v) is 5.03. The van der Waals surface area contributed by atoms with E-state index in [0.29, 0.717) is 25.3 Å². The van der Waals surface area contributed by atoms with Gasteiger partial charge in [0.25, 0.3) is 5.91 Å². The van der Waals surface area contributed by atoms with Gasteiger partial charge < -0.3 is 19.1 Å². The number of amides is 1.